The van der Waals surface area contributed by atoms with E-state index in [-0.39, 0.29) is 0 Å². The first-order valence-electron chi connectivity index (χ1n) is 5.55. The molecule has 1 aromatic carbocycles. The van der Waals surface area contributed by atoms with Crippen molar-refractivity contribution in [2.45, 2.75) is 12.3 Å². The Morgan fingerprint density at radius 3 is 3.00 bits per heavy atom. The molecule has 2 aromatic rings. The number of fused-ring (bicyclic) bond motifs is 1. The van der Waals surface area contributed by atoms with Gasteiger partial charge in [0.1, 0.15) is 0 Å². The van der Waals surface area contributed by atoms with Crippen LogP contribution in [-0.4, -0.2) is 11.1 Å². The molecule has 1 aliphatic carbocycles. The number of hydrogen-bond acceptors (Lipinski definition) is 1. The smallest absolute Gasteiger partial charge is 0.0480 e. The Labute approximate surface area is 89.7 Å². The molecule has 1 aliphatic rings. The zero-order valence-corrected chi connectivity index (χ0v) is 8.98. The first-order valence-corrected chi connectivity index (χ1v) is 5.55. The number of rotatable bonds is 2. The molecule has 0 bridgehead atoms. The summed E-state index contributed by atoms with van der Waals surface area (Å²) in [6.45, 7) is 0.827. The molecule has 0 spiro atoms. The molecule has 3 rings (SSSR count). The summed E-state index contributed by atoms with van der Waals surface area (Å²) in [5.74, 6) is 1.43. The van der Waals surface area contributed by atoms with Gasteiger partial charge in [-0.2, -0.15) is 0 Å². The van der Waals surface area contributed by atoms with E-state index in [0.29, 0.717) is 5.92 Å². The van der Waals surface area contributed by atoms with Crippen molar-refractivity contribution in [3.05, 3.63) is 36.0 Å². The average Bonchev–Trinajstić information content (AvgIpc) is 2.96. The zero-order chi connectivity index (χ0) is 10.4. The van der Waals surface area contributed by atoms with Crippen LogP contribution < -0.4 is 5.73 Å². The standard InChI is InChI=1S/C13H16N2/c1-15-6-5-11-10(3-2-4-13(11)15)12-7-9(12)8-14/h2-6,9,12H,7-8,14H2,1H3/t9-,12+/m0/s1. The summed E-state index contributed by atoms with van der Waals surface area (Å²) in [5.41, 5.74) is 8.52. The van der Waals surface area contributed by atoms with Crippen molar-refractivity contribution in [2.24, 2.45) is 18.7 Å². The average molecular weight is 200 g/mol. The third kappa shape index (κ3) is 1.29. The van der Waals surface area contributed by atoms with Crippen LogP contribution in [0.5, 0.6) is 0 Å². The van der Waals surface area contributed by atoms with E-state index in [0.717, 1.165) is 12.5 Å². The summed E-state index contributed by atoms with van der Waals surface area (Å²) in [6, 6.07) is 8.81. The second-order valence-corrected chi connectivity index (χ2v) is 4.54. The Morgan fingerprint density at radius 1 is 1.40 bits per heavy atom. The van der Waals surface area contributed by atoms with E-state index in [1.165, 1.54) is 22.9 Å². The molecule has 2 N–H and O–H groups in total. The normalized spacial score (nSPS) is 24.7. The van der Waals surface area contributed by atoms with E-state index in [2.05, 4.69) is 42.1 Å². The number of aryl methyl sites for hydroxylation is 1. The second kappa shape index (κ2) is 3.11. The Hall–Kier alpha value is -1.28. The monoisotopic (exact) mass is 200 g/mol. The molecule has 2 atom stereocenters. The third-order valence-electron chi connectivity index (χ3n) is 3.59. The summed E-state index contributed by atoms with van der Waals surface area (Å²) in [6.07, 6.45) is 3.40. The van der Waals surface area contributed by atoms with Gasteiger partial charge in [0.25, 0.3) is 0 Å². The zero-order valence-electron chi connectivity index (χ0n) is 8.98. The minimum absolute atomic E-state index is 0.709. The first kappa shape index (κ1) is 8.98. The lowest BCUT2D eigenvalue weighted by Crippen LogP contribution is -2.02. The van der Waals surface area contributed by atoms with Crippen molar-refractivity contribution < 1.29 is 0 Å². The molecule has 1 heterocycles. The lowest BCUT2D eigenvalue weighted by Gasteiger charge is -2.03. The van der Waals surface area contributed by atoms with Crippen molar-refractivity contribution in [2.75, 3.05) is 6.54 Å². The molecule has 2 heteroatoms. The van der Waals surface area contributed by atoms with Gasteiger partial charge in [-0.15, -0.1) is 0 Å². The molecule has 15 heavy (non-hydrogen) atoms. The van der Waals surface area contributed by atoms with Gasteiger partial charge in [-0.25, -0.2) is 0 Å². The molecule has 1 saturated carbocycles. The topological polar surface area (TPSA) is 30.9 Å². The SMILES string of the molecule is Cn1ccc2c([C@@H]3C[C@H]3CN)cccc21. The van der Waals surface area contributed by atoms with E-state index in [4.69, 9.17) is 5.73 Å². The Bertz CT molecular complexity index is 498. The van der Waals surface area contributed by atoms with Crippen LogP contribution in [-0.2, 0) is 7.05 Å². The van der Waals surface area contributed by atoms with Crippen molar-refractivity contribution in [1.82, 2.24) is 4.57 Å². The van der Waals surface area contributed by atoms with Crippen LogP contribution >= 0.6 is 0 Å². The molecule has 0 aliphatic heterocycles. The summed E-state index contributed by atoms with van der Waals surface area (Å²) in [5, 5.41) is 1.40. The van der Waals surface area contributed by atoms with Gasteiger partial charge in [0.15, 0.2) is 0 Å². The van der Waals surface area contributed by atoms with Crippen LogP contribution in [0.4, 0.5) is 0 Å². The van der Waals surface area contributed by atoms with Crippen molar-refractivity contribution in [3.8, 4) is 0 Å². The predicted molar refractivity (Wildman–Crippen MR) is 62.8 cm³/mol. The van der Waals surface area contributed by atoms with Gasteiger partial charge in [0, 0.05) is 24.1 Å². The maximum absolute atomic E-state index is 5.71. The number of hydrogen-bond donors (Lipinski definition) is 1. The highest BCUT2D eigenvalue weighted by Crippen LogP contribution is 2.48. The van der Waals surface area contributed by atoms with Gasteiger partial charge >= 0.3 is 0 Å². The highest BCUT2D eigenvalue weighted by atomic mass is 14.9. The third-order valence-corrected chi connectivity index (χ3v) is 3.59. The second-order valence-electron chi connectivity index (χ2n) is 4.54. The van der Waals surface area contributed by atoms with Crippen LogP contribution in [0, 0.1) is 5.92 Å². The quantitative estimate of drug-likeness (QED) is 0.792. The summed E-state index contributed by atoms with van der Waals surface area (Å²) < 4.78 is 2.18. The summed E-state index contributed by atoms with van der Waals surface area (Å²) in [4.78, 5) is 0. The Morgan fingerprint density at radius 2 is 2.27 bits per heavy atom. The van der Waals surface area contributed by atoms with Crippen LogP contribution in [0.25, 0.3) is 10.9 Å². The van der Waals surface area contributed by atoms with E-state index in [9.17, 15) is 0 Å². The van der Waals surface area contributed by atoms with Crippen molar-refractivity contribution >= 4 is 10.9 Å². The van der Waals surface area contributed by atoms with Gasteiger partial charge in [-0.3, -0.25) is 0 Å². The summed E-state index contributed by atoms with van der Waals surface area (Å²) >= 11 is 0. The molecule has 1 aromatic heterocycles. The van der Waals surface area contributed by atoms with Crippen LogP contribution in [0.15, 0.2) is 30.5 Å². The van der Waals surface area contributed by atoms with Crippen LogP contribution in [0.1, 0.15) is 17.9 Å². The maximum atomic E-state index is 5.71. The highest BCUT2D eigenvalue weighted by molar-refractivity contribution is 5.84. The fraction of sp³-hybridized carbons (Fsp3) is 0.385. The largest absolute Gasteiger partial charge is 0.351 e. The lowest BCUT2D eigenvalue weighted by molar-refractivity contribution is 0.812. The number of nitrogens with two attached hydrogens (primary N) is 1. The van der Waals surface area contributed by atoms with E-state index in [1.807, 2.05) is 0 Å². The molecule has 1 fully saturated rings. The van der Waals surface area contributed by atoms with Gasteiger partial charge < -0.3 is 10.3 Å². The molecule has 0 saturated heterocycles. The summed E-state index contributed by atoms with van der Waals surface area (Å²) in [7, 11) is 2.10. The molecule has 78 valence electrons. The fourth-order valence-corrected chi connectivity index (χ4v) is 2.54. The predicted octanol–water partition coefficient (Wildman–Crippen LogP) is 2.24. The number of nitrogens with zero attached hydrogens (tertiary/aromatic N) is 1. The molecule has 0 amide bonds. The maximum Gasteiger partial charge on any atom is 0.0480 e. The minimum atomic E-state index is 0.709. The van der Waals surface area contributed by atoms with Crippen LogP contribution in [0.2, 0.25) is 0 Å². The van der Waals surface area contributed by atoms with E-state index < -0.39 is 0 Å². The minimum Gasteiger partial charge on any atom is -0.351 e. The van der Waals surface area contributed by atoms with Crippen molar-refractivity contribution in [1.29, 1.82) is 0 Å². The van der Waals surface area contributed by atoms with Crippen molar-refractivity contribution in [3.63, 3.8) is 0 Å². The van der Waals surface area contributed by atoms with E-state index in [1.54, 1.807) is 0 Å². The van der Waals surface area contributed by atoms with Gasteiger partial charge in [0.05, 0.1) is 0 Å². The molecular weight excluding hydrogens is 184 g/mol. The Balaban J connectivity index is 2.11. The molecular formula is C13H16N2. The van der Waals surface area contributed by atoms with Gasteiger partial charge in [-0.05, 0) is 42.5 Å². The molecule has 0 radical (unpaired) electrons. The van der Waals surface area contributed by atoms with Gasteiger partial charge in [0.2, 0.25) is 0 Å². The highest BCUT2D eigenvalue weighted by Gasteiger charge is 2.37. The molecule has 2 nitrogen and oxygen atoms in total. The van der Waals surface area contributed by atoms with E-state index >= 15 is 0 Å². The number of aromatic nitrogens is 1. The fourth-order valence-electron chi connectivity index (χ4n) is 2.54. The van der Waals surface area contributed by atoms with Crippen LogP contribution in [0.3, 0.4) is 0 Å². The Kier molecular flexibility index (Phi) is 1.86. The van der Waals surface area contributed by atoms with Gasteiger partial charge in [-0.1, -0.05) is 12.1 Å². The lowest BCUT2D eigenvalue weighted by atomic mass is 10.0. The first-order chi connectivity index (χ1) is 7.31. The molecule has 0 unspecified atom stereocenters. The number of benzene rings is 1.